The average Bonchev–Trinajstić information content (AvgIpc) is 3.13. The Kier molecular flexibility index (Phi) is 4.16. The van der Waals surface area contributed by atoms with Gasteiger partial charge in [0.05, 0.1) is 17.1 Å². The first-order valence-electron chi connectivity index (χ1n) is 7.48. The Balaban J connectivity index is 1.71. The fourth-order valence-electron chi connectivity index (χ4n) is 2.64. The van der Waals surface area contributed by atoms with E-state index in [-0.39, 0.29) is 23.5 Å². The second-order valence-electron chi connectivity index (χ2n) is 5.55. The van der Waals surface area contributed by atoms with Crippen molar-refractivity contribution in [3.05, 3.63) is 42.1 Å². The quantitative estimate of drug-likeness (QED) is 0.890. The number of hydrogen-bond donors (Lipinski definition) is 1. The molecule has 0 spiro atoms. The lowest BCUT2D eigenvalue weighted by molar-refractivity contribution is 0.0941. The zero-order valence-electron chi connectivity index (χ0n) is 12.8. The number of sulfone groups is 1. The van der Waals surface area contributed by atoms with Crippen LogP contribution in [-0.4, -0.2) is 46.4 Å². The number of pyridine rings is 1. The van der Waals surface area contributed by atoms with Crippen LogP contribution in [0.5, 0.6) is 0 Å². The van der Waals surface area contributed by atoms with E-state index in [9.17, 15) is 13.2 Å². The number of carbonyl (C=O) groups is 1. The van der Waals surface area contributed by atoms with Gasteiger partial charge in [-0.15, -0.1) is 0 Å². The summed E-state index contributed by atoms with van der Waals surface area (Å²) in [4.78, 5) is 20.7. The molecule has 1 N–H and O–H groups in total. The number of nitrogens with zero attached hydrogens (tertiary/aromatic N) is 3. The molecule has 0 aliphatic carbocycles. The van der Waals surface area contributed by atoms with E-state index in [1.54, 1.807) is 18.3 Å². The van der Waals surface area contributed by atoms with Gasteiger partial charge in [-0.2, -0.15) is 0 Å². The number of hydrogen-bond acceptors (Lipinski definition) is 5. The molecule has 122 valence electrons. The van der Waals surface area contributed by atoms with Gasteiger partial charge in [-0.3, -0.25) is 9.36 Å². The highest BCUT2D eigenvalue weighted by atomic mass is 32.2. The second kappa shape index (κ2) is 6.11. The molecule has 1 fully saturated rings. The van der Waals surface area contributed by atoms with E-state index in [0.29, 0.717) is 17.8 Å². The Morgan fingerprint density at radius 3 is 2.83 bits per heavy atom. The van der Waals surface area contributed by atoms with Crippen LogP contribution in [-0.2, 0) is 16.3 Å². The number of nitrogens with one attached hydrogen (secondary N) is 1. The Bertz CT molecular complexity index is 812. The van der Waals surface area contributed by atoms with Gasteiger partial charge >= 0.3 is 0 Å². The molecule has 1 atom stereocenters. The smallest absolute Gasteiger partial charge is 0.253 e. The van der Waals surface area contributed by atoms with Crippen LogP contribution in [0.25, 0.3) is 5.82 Å². The van der Waals surface area contributed by atoms with Crippen LogP contribution in [0.3, 0.4) is 0 Å². The van der Waals surface area contributed by atoms with E-state index in [2.05, 4.69) is 15.3 Å². The molecule has 8 heteroatoms. The zero-order chi connectivity index (χ0) is 16.4. The highest BCUT2D eigenvalue weighted by Gasteiger charge is 2.29. The summed E-state index contributed by atoms with van der Waals surface area (Å²) in [6.07, 6.45) is 6.28. The zero-order valence-corrected chi connectivity index (χ0v) is 13.6. The van der Waals surface area contributed by atoms with Crippen LogP contribution in [0.2, 0.25) is 0 Å². The summed E-state index contributed by atoms with van der Waals surface area (Å²) >= 11 is 0. The molecule has 1 amide bonds. The molecule has 2 aromatic heterocycles. The molecule has 3 rings (SSSR count). The van der Waals surface area contributed by atoms with Crippen molar-refractivity contribution >= 4 is 15.7 Å². The van der Waals surface area contributed by atoms with Crippen molar-refractivity contribution in [3.8, 4) is 5.82 Å². The second-order valence-corrected chi connectivity index (χ2v) is 7.77. The maximum atomic E-state index is 12.2. The summed E-state index contributed by atoms with van der Waals surface area (Å²) in [6.45, 7) is 2.01. The monoisotopic (exact) mass is 334 g/mol. The number of aromatic nitrogens is 3. The lowest BCUT2D eigenvalue weighted by atomic mass is 10.2. The standard InChI is InChI=1S/C15H18N4O3S/c1-2-13-16-6-7-19(13)14-4-3-11(9-17-14)15(20)18-12-5-8-23(21,22)10-12/h3-4,6-7,9,12H,2,5,8,10H2,1H3,(H,18,20). The van der Waals surface area contributed by atoms with Crippen LogP contribution in [0, 0.1) is 0 Å². The van der Waals surface area contributed by atoms with Crippen molar-refractivity contribution in [2.24, 2.45) is 0 Å². The third-order valence-electron chi connectivity index (χ3n) is 3.86. The summed E-state index contributed by atoms with van der Waals surface area (Å²) < 4.78 is 24.7. The predicted molar refractivity (Wildman–Crippen MR) is 85.3 cm³/mol. The number of aryl methyl sites for hydroxylation is 1. The first-order valence-corrected chi connectivity index (χ1v) is 9.30. The largest absolute Gasteiger partial charge is 0.348 e. The summed E-state index contributed by atoms with van der Waals surface area (Å²) in [5.74, 6) is 1.44. The topological polar surface area (TPSA) is 94.0 Å². The molecule has 0 bridgehead atoms. The highest BCUT2D eigenvalue weighted by Crippen LogP contribution is 2.13. The van der Waals surface area contributed by atoms with Gasteiger partial charge in [0, 0.05) is 31.1 Å². The van der Waals surface area contributed by atoms with Crippen molar-refractivity contribution in [2.45, 2.75) is 25.8 Å². The maximum Gasteiger partial charge on any atom is 0.253 e. The molecule has 7 nitrogen and oxygen atoms in total. The molecule has 0 aromatic carbocycles. The summed E-state index contributed by atoms with van der Waals surface area (Å²) in [5, 5.41) is 2.75. The normalized spacial score (nSPS) is 19.6. The minimum Gasteiger partial charge on any atom is -0.348 e. The van der Waals surface area contributed by atoms with Gasteiger partial charge in [0.2, 0.25) is 0 Å². The summed E-state index contributed by atoms with van der Waals surface area (Å²) in [5.41, 5.74) is 0.413. The summed E-state index contributed by atoms with van der Waals surface area (Å²) in [6, 6.07) is 3.12. The van der Waals surface area contributed by atoms with Crippen molar-refractivity contribution in [2.75, 3.05) is 11.5 Å². The third kappa shape index (κ3) is 3.42. The van der Waals surface area contributed by atoms with E-state index in [1.165, 1.54) is 6.20 Å². The van der Waals surface area contributed by atoms with Crippen LogP contribution < -0.4 is 5.32 Å². The third-order valence-corrected chi connectivity index (χ3v) is 5.63. The molecule has 1 aliphatic rings. The molecule has 3 heterocycles. The minimum atomic E-state index is -3.01. The van der Waals surface area contributed by atoms with Gasteiger partial charge in [-0.25, -0.2) is 18.4 Å². The lowest BCUT2D eigenvalue weighted by Gasteiger charge is -2.11. The summed E-state index contributed by atoms with van der Waals surface area (Å²) in [7, 11) is -3.01. The van der Waals surface area contributed by atoms with E-state index in [4.69, 9.17) is 0 Å². The Hall–Kier alpha value is -2.22. The molecule has 0 radical (unpaired) electrons. The molecule has 1 unspecified atom stereocenters. The van der Waals surface area contributed by atoms with E-state index in [0.717, 1.165) is 12.2 Å². The highest BCUT2D eigenvalue weighted by molar-refractivity contribution is 7.91. The number of carbonyl (C=O) groups excluding carboxylic acids is 1. The van der Waals surface area contributed by atoms with Gasteiger partial charge in [0.25, 0.3) is 5.91 Å². The number of rotatable bonds is 4. The number of imidazole rings is 1. The molecule has 1 aliphatic heterocycles. The lowest BCUT2D eigenvalue weighted by Crippen LogP contribution is -2.35. The molecule has 0 saturated carbocycles. The van der Waals surface area contributed by atoms with E-state index < -0.39 is 9.84 Å². The predicted octanol–water partition coefficient (Wildman–Crippen LogP) is 0.747. The molecular weight excluding hydrogens is 316 g/mol. The SMILES string of the molecule is CCc1nccn1-c1ccc(C(=O)NC2CCS(=O)(=O)C2)cn1. The van der Waals surface area contributed by atoms with Crippen molar-refractivity contribution in [1.29, 1.82) is 0 Å². The first-order chi connectivity index (χ1) is 11.0. The van der Waals surface area contributed by atoms with Gasteiger partial charge in [0.1, 0.15) is 11.6 Å². The fraction of sp³-hybridized carbons (Fsp3) is 0.400. The molecule has 2 aromatic rings. The Labute approximate surface area is 134 Å². The van der Waals surface area contributed by atoms with Gasteiger partial charge in [0.15, 0.2) is 9.84 Å². The van der Waals surface area contributed by atoms with Gasteiger partial charge < -0.3 is 5.32 Å². The minimum absolute atomic E-state index is 0.0130. The van der Waals surface area contributed by atoms with E-state index in [1.807, 2.05) is 17.7 Å². The molecule has 1 saturated heterocycles. The van der Waals surface area contributed by atoms with Crippen molar-refractivity contribution in [3.63, 3.8) is 0 Å². The fourth-order valence-corrected chi connectivity index (χ4v) is 4.32. The van der Waals surface area contributed by atoms with Crippen LogP contribution in [0.1, 0.15) is 29.5 Å². The average molecular weight is 334 g/mol. The Morgan fingerprint density at radius 2 is 2.22 bits per heavy atom. The van der Waals surface area contributed by atoms with Gasteiger partial charge in [-0.05, 0) is 18.6 Å². The maximum absolute atomic E-state index is 12.2. The first kappa shape index (κ1) is 15.7. The van der Waals surface area contributed by atoms with Crippen LogP contribution >= 0.6 is 0 Å². The number of amides is 1. The Morgan fingerprint density at radius 1 is 1.39 bits per heavy atom. The van der Waals surface area contributed by atoms with E-state index >= 15 is 0 Å². The van der Waals surface area contributed by atoms with Crippen LogP contribution in [0.4, 0.5) is 0 Å². The van der Waals surface area contributed by atoms with Crippen LogP contribution in [0.15, 0.2) is 30.7 Å². The molecule has 23 heavy (non-hydrogen) atoms. The van der Waals surface area contributed by atoms with Crippen molar-refractivity contribution in [1.82, 2.24) is 19.9 Å². The van der Waals surface area contributed by atoms with Gasteiger partial charge in [-0.1, -0.05) is 6.92 Å². The van der Waals surface area contributed by atoms with Crippen molar-refractivity contribution < 1.29 is 13.2 Å². The molecular formula is C15H18N4O3S.